The third-order valence-electron chi connectivity index (χ3n) is 7.40. The summed E-state index contributed by atoms with van der Waals surface area (Å²) in [6, 6.07) is 14.7. The van der Waals surface area contributed by atoms with Gasteiger partial charge in [0.05, 0.1) is 29.9 Å². The maximum Gasteiger partial charge on any atom is 0.269 e. The van der Waals surface area contributed by atoms with Crippen LogP contribution in [0.15, 0.2) is 60.9 Å². The Morgan fingerprint density at radius 1 is 1.13 bits per heavy atom. The number of nitro benzene ring substituents is 1. The first-order chi connectivity index (χ1) is 18.3. The highest BCUT2D eigenvalue weighted by Crippen LogP contribution is 2.39. The first-order valence-electron chi connectivity index (χ1n) is 12.5. The van der Waals surface area contributed by atoms with Gasteiger partial charge in [0.1, 0.15) is 17.1 Å². The summed E-state index contributed by atoms with van der Waals surface area (Å²) in [6.45, 7) is 0.669. The maximum atomic E-state index is 10.9. The van der Waals surface area contributed by atoms with E-state index in [1.54, 1.807) is 50.6 Å². The van der Waals surface area contributed by atoms with E-state index < -0.39 is 5.54 Å². The van der Waals surface area contributed by atoms with Gasteiger partial charge in [-0.3, -0.25) is 10.1 Å². The molecule has 38 heavy (non-hydrogen) atoms. The molecule has 0 aliphatic heterocycles. The fraction of sp³-hybridized carbons (Fsp3) is 0.321. The molecule has 1 fully saturated rings. The zero-order valence-electron chi connectivity index (χ0n) is 21.3. The number of non-ortho nitro benzene ring substituents is 1. The molecule has 1 aliphatic rings. The van der Waals surface area contributed by atoms with Crippen LogP contribution in [-0.4, -0.2) is 34.6 Å². The lowest BCUT2D eigenvalue weighted by molar-refractivity contribution is -0.384. The van der Waals surface area contributed by atoms with E-state index in [-0.39, 0.29) is 10.6 Å². The molecule has 1 saturated carbocycles. The molecule has 0 saturated heterocycles. The number of imidazole rings is 1. The quantitative estimate of drug-likeness (QED) is 0.227. The number of aromatic nitrogens is 2. The van der Waals surface area contributed by atoms with Crippen molar-refractivity contribution in [1.82, 2.24) is 14.7 Å². The largest absolute Gasteiger partial charge is 0.496 e. The van der Waals surface area contributed by atoms with E-state index >= 15 is 0 Å². The average Bonchev–Trinajstić information content (AvgIpc) is 3.36. The topological polar surface area (TPSA) is 117 Å². The summed E-state index contributed by atoms with van der Waals surface area (Å²) < 4.78 is 12.8. The van der Waals surface area contributed by atoms with Crippen molar-refractivity contribution >= 4 is 22.9 Å². The molecule has 3 N–H and O–H groups in total. The molecular weight excluding hydrogens is 506 g/mol. The van der Waals surface area contributed by atoms with Crippen LogP contribution in [0.3, 0.4) is 0 Å². The minimum atomic E-state index is -0.430. The first kappa shape index (κ1) is 26.0. The fourth-order valence-corrected chi connectivity index (χ4v) is 5.35. The van der Waals surface area contributed by atoms with Crippen molar-refractivity contribution in [3.8, 4) is 22.8 Å². The second kappa shape index (κ2) is 10.6. The fourth-order valence-electron chi connectivity index (χ4n) is 5.11. The monoisotopic (exact) mass is 535 g/mol. The molecule has 4 aromatic rings. The summed E-state index contributed by atoms with van der Waals surface area (Å²) in [4.78, 5) is 15.3. The van der Waals surface area contributed by atoms with E-state index in [0.29, 0.717) is 29.1 Å². The van der Waals surface area contributed by atoms with Gasteiger partial charge in [0.15, 0.2) is 0 Å². The van der Waals surface area contributed by atoms with Gasteiger partial charge in [-0.25, -0.2) is 4.98 Å². The third kappa shape index (κ3) is 5.18. The predicted octanol–water partition coefficient (Wildman–Crippen LogP) is 5.47. The number of pyridine rings is 1. The summed E-state index contributed by atoms with van der Waals surface area (Å²) in [7, 11) is 3.17. The highest BCUT2D eigenvalue weighted by atomic mass is 35.5. The molecule has 0 radical (unpaired) electrons. The Morgan fingerprint density at radius 3 is 2.50 bits per heavy atom. The Morgan fingerprint density at radius 2 is 1.84 bits per heavy atom. The van der Waals surface area contributed by atoms with Crippen LogP contribution in [0.5, 0.6) is 11.5 Å². The van der Waals surface area contributed by atoms with Crippen LogP contribution >= 0.6 is 11.6 Å². The molecule has 1 aliphatic carbocycles. The van der Waals surface area contributed by atoms with Gasteiger partial charge in [-0.15, -0.1) is 0 Å². The summed E-state index contributed by atoms with van der Waals surface area (Å²) in [6.07, 6.45) is 7.51. The summed E-state index contributed by atoms with van der Waals surface area (Å²) >= 11 is 6.38. The number of hydrogen-bond donors (Lipinski definition) is 2. The molecule has 2 aromatic carbocycles. The molecule has 0 bridgehead atoms. The average molecular weight is 536 g/mol. The number of nitrogens with zero attached hydrogens (tertiary/aromatic N) is 3. The third-order valence-corrected chi connectivity index (χ3v) is 7.70. The second-order valence-electron chi connectivity index (χ2n) is 9.73. The number of ether oxygens (including phenoxy) is 2. The number of methoxy groups -OCH3 is 2. The number of halogens is 1. The number of benzene rings is 2. The van der Waals surface area contributed by atoms with Crippen LogP contribution in [0.1, 0.15) is 36.8 Å². The van der Waals surface area contributed by atoms with Crippen LogP contribution in [0.2, 0.25) is 5.02 Å². The minimum absolute atomic E-state index is 0.104. The molecule has 10 heteroatoms. The van der Waals surface area contributed by atoms with Gasteiger partial charge in [0, 0.05) is 54.3 Å². The Kier molecular flexibility index (Phi) is 7.25. The molecule has 9 nitrogen and oxygen atoms in total. The van der Waals surface area contributed by atoms with Crippen molar-refractivity contribution in [2.45, 2.75) is 43.8 Å². The SMILES string of the molecule is COc1cc(OC)c(-c2cn3ccc(C4(N)CCC(NCc5ccc([N+](=O)[O-])cc5)CC4)cc3n2)cc1Cl. The van der Waals surface area contributed by atoms with E-state index in [2.05, 4.69) is 17.4 Å². The van der Waals surface area contributed by atoms with E-state index in [1.807, 2.05) is 16.8 Å². The van der Waals surface area contributed by atoms with Gasteiger partial charge in [0.2, 0.25) is 0 Å². The lowest BCUT2D eigenvalue weighted by atomic mass is 9.76. The number of hydrogen-bond acceptors (Lipinski definition) is 7. The Labute approximate surface area is 225 Å². The van der Waals surface area contributed by atoms with Crippen molar-refractivity contribution in [1.29, 1.82) is 0 Å². The maximum absolute atomic E-state index is 10.9. The summed E-state index contributed by atoms with van der Waals surface area (Å²) in [5, 5.41) is 14.9. The molecular formula is C28H30ClN5O4. The molecule has 0 atom stereocenters. The van der Waals surface area contributed by atoms with Gasteiger partial charge < -0.3 is 24.9 Å². The van der Waals surface area contributed by atoms with Crippen LogP contribution in [0.4, 0.5) is 5.69 Å². The minimum Gasteiger partial charge on any atom is -0.496 e. The van der Waals surface area contributed by atoms with E-state index in [9.17, 15) is 10.1 Å². The Balaban J connectivity index is 1.28. The first-order valence-corrected chi connectivity index (χ1v) is 12.8. The number of rotatable bonds is 8. The highest BCUT2D eigenvalue weighted by molar-refractivity contribution is 6.32. The van der Waals surface area contributed by atoms with Gasteiger partial charge in [-0.2, -0.15) is 0 Å². The van der Waals surface area contributed by atoms with Crippen LogP contribution < -0.4 is 20.5 Å². The molecule has 2 aromatic heterocycles. The second-order valence-corrected chi connectivity index (χ2v) is 10.1. The standard InChI is InChI=1S/C28H30ClN5O4/c1-37-25-15-26(38-2)23(29)14-22(25)24-17-33-12-9-19(13-27(33)32-24)28(30)10-7-20(8-11-28)31-16-18-3-5-21(6-4-18)34(35)36/h3-6,9,12-15,17,20,31H,7-8,10-11,16,30H2,1-2H3. The highest BCUT2D eigenvalue weighted by Gasteiger charge is 2.33. The Hall–Kier alpha value is -3.66. The molecule has 0 spiro atoms. The lowest BCUT2D eigenvalue weighted by Crippen LogP contribution is -2.45. The van der Waals surface area contributed by atoms with Crippen LogP contribution in [-0.2, 0) is 12.1 Å². The number of nitro groups is 1. The van der Waals surface area contributed by atoms with Crippen molar-refractivity contribution in [3.63, 3.8) is 0 Å². The van der Waals surface area contributed by atoms with Crippen molar-refractivity contribution in [2.75, 3.05) is 14.2 Å². The lowest BCUT2D eigenvalue weighted by Gasteiger charge is -2.38. The van der Waals surface area contributed by atoms with Gasteiger partial charge in [-0.1, -0.05) is 23.7 Å². The van der Waals surface area contributed by atoms with Gasteiger partial charge in [-0.05, 0) is 55.0 Å². The van der Waals surface area contributed by atoms with Crippen LogP contribution in [0, 0.1) is 10.1 Å². The summed E-state index contributed by atoms with van der Waals surface area (Å²) in [5.41, 5.74) is 11.0. The molecule has 5 rings (SSSR count). The van der Waals surface area contributed by atoms with E-state index in [4.69, 9.17) is 31.8 Å². The number of nitrogens with two attached hydrogens (primary N) is 1. The van der Waals surface area contributed by atoms with Crippen molar-refractivity contribution in [3.05, 3.63) is 87.2 Å². The molecule has 2 heterocycles. The molecule has 0 unspecified atom stereocenters. The van der Waals surface area contributed by atoms with Gasteiger partial charge >= 0.3 is 0 Å². The van der Waals surface area contributed by atoms with Crippen molar-refractivity contribution < 1.29 is 14.4 Å². The zero-order chi connectivity index (χ0) is 26.9. The molecule has 0 amide bonds. The smallest absolute Gasteiger partial charge is 0.269 e. The van der Waals surface area contributed by atoms with Gasteiger partial charge in [0.25, 0.3) is 5.69 Å². The number of nitrogens with one attached hydrogen (secondary N) is 1. The molecule has 198 valence electrons. The normalized spacial score (nSPS) is 19.4. The zero-order valence-corrected chi connectivity index (χ0v) is 22.1. The van der Waals surface area contributed by atoms with E-state index in [0.717, 1.165) is 53.7 Å². The van der Waals surface area contributed by atoms with Crippen molar-refractivity contribution in [2.24, 2.45) is 5.73 Å². The summed E-state index contributed by atoms with van der Waals surface area (Å²) in [5.74, 6) is 1.17. The predicted molar refractivity (Wildman–Crippen MR) is 147 cm³/mol. The van der Waals surface area contributed by atoms with Crippen LogP contribution in [0.25, 0.3) is 16.9 Å². The Bertz CT molecular complexity index is 1460. The van der Waals surface area contributed by atoms with E-state index in [1.165, 1.54) is 0 Å². The number of fused-ring (bicyclic) bond motifs is 1.